The van der Waals surface area contributed by atoms with Gasteiger partial charge in [0.15, 0.2) is 6.61 Å². The molecule has 2 bridgehead atoms. The van der Waals surface area contributed by atoms with E-state index in [-0.39, 0.29) is 22.9 Å². The Balaban J connectivity index is 1.08. The van der Waals surface area contributed by atoms with E-state index in [1.807, 2.05) is 12.1 Å². The topological polar surface area (TPSA) is 50.8 Å². The van der Waals surface area contributed by atoms with Crippen molar-refractivity contribution in [2.45, 2.75) is 49.0 Å². The molecule has 1 saturated heterocycles. The third-order valence-electron chi connectivity index (χ3n) is 6.95. The van der Waals surface area contributed by atoms with Crippen LogP contribution in [0.15, 0.2) is 42.5 Å². The Morgan fingerprint density at radius 3 is 2.47 bits per heavy atom. The van der Waals surface area contributed by atoms with Crippen LogP contribution in [-0.4, -0.2) is 47.7 Å². The summed E-state index contributed by atoms with van der Waals surface area (Å²) in [6.07, 6.45) is -1.32. The number of amides is 1. The summed E-state index contributed by atoms with van der Waals surface area (Å²) in [6.45, 7) is 1.32. The lowest BCUT2D eigenvalue weighted by molar-refractivity contribution is -0.179. The van der Waals surface area contributed by atoms with Crippen molar-refractivity contribution in [3.63, 3.8) is 0 Å². The monoisotopic (exact) mass is 498 g/mol. The lowest BCUT2D eigenvalue weighted by atomic mass is 9.43. The molecule has 1 amide bonds. The Morgan fingerprint density at radius 2 is 1.79 bits per heavy atom. The summed E-state index contributed by atoms with van der Waals surface area (Å²) in [5, 5.41) is 3.62. The molecule has 3 aliphatic carbocycles. The SMILES string of the molecule is O=C(COc1ccc(F)c(C(F)(F)F)c1)NC12CC(N3CCC(Oc4ccc(Cl)cc4)C3)(C1)C2. The summed E-state index contributed by atoms with van der Waals surface area (Å²) in [5.74, 6) is -1.20. The summed E-state index contributed by atoms with van der Waals surface area (Å²) in [6, 6.07) is 9.63. The Bertz CT molecular complexity index is 1070. The highest BCUT2D eigenvalue weighted by Gasteiger charge is 2.71. The maximum Gasteiger partial charge on any atom is 0.419 e. The van der Waals surface area contributed by atoms with Crippen LogP contribution in [0.5, 0.6) is 11.5 Å². The van der Waals surface area contributed by atoms with Crippen molar-refractivity contribution >= 4 is 17.5 Å². The molecule has 4 aliphatic rings. The highest BCUT2D eigenvalue weighted by atomic mass is 35.5. The molecule has 2 aromatic carbocycles. The molecular formula is C24H23ClF4N2O3. The lowest BCUT2D eigenvalue weighted by Gasteiger charge is -2.73. The van der Waals surface area contributed by atoms with Crippen molar-refractivity contribution in [2.24, 2.45) is 0 Å². The van der Waals surface area contributed by atoms with Gasteiger partial charge in [0.2, 0.25) is 0 Å². The lowest BCUT2D eigenvalue weighted by Crippen LogP contribution is -2.83. The molecule has 1 unspecified atom stereocenters. The molecule has 10 heteroatoms. The van der Waals surface area contributed by atoms with Gasteiger partial charge in [-0.3, -0.25) is 9.69 Å². The number of hydrogen-bond acceptors (Lipinski definition) is 4. The van der Waals surface area contributed by atoms with E-state index >= 15 is 0 Å². The van der Waals surface area contributed by atoms with E-state index < -0.39 is 30.1 Å². The average Bonchev–Trinajstić information content (AvgIpc) is 3.18. The zero-order valence-electron chi connectivity index (χ0n) is 18.1. The quantitative estimate of drug-likeness (QED) is 0.556. The number of halogens is 5. The van der Waals surface area contributed by atoms with Crippen LogP contribution in [0.3, 0.4) is 0 Å². The minimum atomic E-state index is -4.83. The van der Waals surface area contributed by atoms with Crippen molar-refractivity contribution in [1.29, 1.82) is 0 Å². The maximum atomic E-state index is 13.4. The number of ether oxygens (including phenoxy) is 2. The van der Waals surface area contributed by atoms with E-state index in [4.69, 9.17) is 21.1 Å². The van der Waals surface area contributed by atoms with Gasteiger partial charge in [-0.1, -0.05) is 11.6 Å². The van der Waals surface area contributed by atoms with E-state index in [2.05, 4.69) is 10.2 Å². The first-order chi connectivity index (χ1) is 16.1. The molecule has 1 N–H and O–H groups in total. The molecule has 4 fully saturated rings. The zero-order chi connectivity index (χ0) is 24.1. The van der Waals surface area contributed by atoms with Gasteiger partial charge in [0.25, 0.3) is 5.91 Å². The van der Waals surface area contributed by atoms with E-state index in [0.29, 0.717) is 17.2 Å². The molecule has 6 rings (SSSR count). The van der Waals surface area contributed by atoms with Gasteiger partial charge in [0, 0.05) is 29.2 Å². The summed E-state index contributed by atoms with van der Waals surface area (Å²) in [7, 11) is 0. The molecule has 0 spiro atoms. The van der Waals surface area contributed by atoms with Gasteiger partial charge in [-0.05, 0) is 68.1 Å². The summed E-state index contributed by atoms with van der Waals surface area (Å²) in [4.78, 5) is 14.8. The van der Waals surface area contributed by atoms with E-state index in [9.17, 15) is 22.4 Å². The number of rotatable bonds is 7. The van der Waals surface area contributed by atoms with Gasteiger partial charge < -0.3 is 14.8 Å². The highest BCUT2D eigenvalue weighted by Crippen LogP contribution is 2.64. The predicted octanol–water partition coefficient (Wildman–Crippen LogP) is 4.82. The van der Waals surface area contributed by atoms with Crippen LogP contribution in [0.25, 0.3) is 0 Å². The van der Waals surface area contributed by atoms with Crippen molar-refractivity contribution < 1.29 is 31.8 Å². The molecule has 1 aliphatic heterocycles. The molecule has 1 heterocycles. The molecule has 34 heavy (non-hydrogen) atoms. The van der Waals surface area contributed by atoms with Gasteiger partial charge in [-0.2, -0.15) is 13.2 Å². The number of nitrogens with zero attached hydrogens (tertiary/aromatic N) is 1. The summed E-state index contributed by atoms with van der Waals surface area (Å²) in [5.41, 5.74) is -1.63. The Labute approximate surface area is 199 Å². The molecule has 1 atom stereocenters. The number of carbonyl (C=O) groups excluding carboxylic acids is 1. The van der Waals surface area contributed by atoms with Crippen LogP contribution < -0.4 is 14.8 Å². The van der Waals surface area contributed by atoms with Crippen LogP contribution in [0.4, 0.5) is 17.6 Å². The molecule has 3 saturated carbocycles. The number of hydrogen-bond donors (Lipinski definition) is 1. The second-order valence-electron chi connectivity index (χ2n) is 9.44. The molecule has 182 valence electrons. The van der Waals surface area contributed by atoms with Crippen LogP contribution >= 0.6 is 11.6 Å². The van der Waals surface area contributed by atoms with Gasteiger partial charge in [-0.25, -0.2) is 4.39 Å². The highest BCUT2D eigenvalue weighted by molar-refractivity contribution is 6.30. The van der Waals surface area contributed by atoms with Crippen LogP contribution in [0.2, 0.25) is 5.02 Å². The molecule has 0 aromatic heterocycles. The first-order valence-corrected chi connectivity index (χ1v) is 11.4. The largest absolute Gasteiger partial charge is 0.489 e. The van der Waals surface area contributed by atoms with Crippen LogP contribution in [-0.2, 0) is 11.0 Å². The van der Waals surface area contributed by atoms with E-state index in [0.717, 1.165) is 50.6 Å². The Hall–Kier alpha value is -2.52. The molecule has 2 aromatic rings. The molecule has 5 nitrogen and oxygen atoms in total. The Morgan fingerprint density at radius 1 is 1.12 bits per heavy atom. The fourth-order valence-electron chi connectivity index (χ4n) is 5.46. The molecule has 0 radical (unpaired) electrons. The van der Waals surface area contributed by atoms with Crippen molar-refractivity contribution in [3.05, 3.63) is 58.9 Å². The second kappa shape index (κ2) is 8.30. The van der Waals surface area contributed by atoms with Gasteiger partial charge >= 0.3 is 6.18 Å². The summed E-state index contributed by atoms with van der Waals surface area (Å²) >= 11 is 5.92. The normalized spacial score (nSPS) is 28.1. The van der Waals surface area contributed by atoms with E-state index in [1.165, 1.54) is 0 Å². The zero-order valence-corrected chi connectivity index (χ0v) is 18.9. The van der Waals surface area contributed by atoms with Crippen molar-refractivity contribution in [1.82, 2.24) is 10.2 Å². The van der Waals surface area contributed by atoms with Gasteiger partial charge in [0.05, 0.1) is 5.56 Å². The van der Waals surface area contributed by atoms with Gasteiger partial charge in [0.1, 0.15) is 23.4 Å². The minimum absolute atomic E-state index is 0.0742. The predicted molar refractivity (Wildman–Crippen MR) is 116 cm³/mol. The van der Waals surface area contributed by atoms with Crippen molar-refractivity contribution in [3.8, 4) is 11.5 Å². The maximum absolute atomic E-state index is 13.4. The average molecular weight is 499 g/mol. The summed E-state index contributed by atoms with van der Waals surface area (Å²) < 4.78 is 63.1. The van der Waals surface area contributed by atoms with Crippen LogP contribution in [0, 0.1) is 5.82 Å². The number of alkyl halides is 3. The smallest absolute Gasteiger partial charge is 0.419 e. The first-order valence-electron chi connectivity index (χ1n) is 11.0. The third kappa shape index (κ3) is 4.43. The Kier molecular flexibility index (Phi) is 5.67. The van der Waals surface area contributed by atoms with Crippen molar-refractivity contribution in [2.75, 3.05) is 19.7 Å². The minimum Gasteiger partial charge on any atom is -0.489 e. The number of benzene rings is 2. The molecular weight excluding hydrogens is 476 g/mol. The van der Waals surface area contributed by atoms with E-state index in [1.54, 1.807) is 12.1 Å². The van der Waals surface area contributed by atoms with Gasteiger partial charge in [-0.15, -0.1) is 0 Å². The second-order valence-corrected chi connectivity index (χ2v) is 9.88. The van der Waals surface area contributed by atoms with Crippen LogP contribution in [0.1, 0.15) is 31.2 Å². The number of nitrogens with one attached hydrogen (secondary N) is 1. The fraction of sp³-hybridized carbons (Fsp3) is 0.458. The fourth-order valence-corrected chi connectivity index (χ4v) is 5.58. The third-order valence-corrected chi connectivity index (χ3v) is 7.20. The number of carbonyl (C=O) groups is 1. The number of likely N-dealkylation sites (tertiary alicyclic amines) is 1. The standard InChI is InChI=1S/C24H23ClF4N2O3/c25-15-1-3-16(4-2-15)34-18-7-8-31(10-18)23-12-22(13-23,14-23)30-21(32)11-33-17-5-6-20(26)19(9-17)24(27,28)29/h1-6,9,18H,7-8,10-14H2,(H,30,32). The first kappa shape index (κ1) is 23.2.